The van der Waals surface area contributed by atoms with Crippen LogP contribution in [0.3, 0.4) is 0 Å². The van der Waals surface area contributed by atoms with Gasteiger partial charge in [0.1, 0.15) is 11.4 Å². The summed E-state index contributed by atoms with van der Waals surface area (Å²) >= 11 is 0. The van der Waals surface area contributed by atoms with E-state index in [-0.39, 0.29) is 10.6 Å². The van der Waals surface area contributed by atoms with Crippen molar-refractivity contribution < 1.29 is 18.1 Å². The van der Waals surface area contributed by atoms with Gasteiger partial charge in [-0.2, -0.15) is 5.10 Å². The van der Waals surface area contributed by atoms with Crippen LogP contribution in [0, 0.1) is 17.0 Å². The number of benzene rings is 3. The molecular formula is C21H20N4O5S. The van der Waals surface area contributed by atoms with Gasteiger partial charge < -0.3 is 4.74 Å². The highest BCUT2D eigenvalue weighted by atomic mass is 32.2. The van der Waals surface area contributed by atoms with E-state index in [1.165, 1.54) is 37.6 Å². The number of nitrogens with one attached hydrogen (secondary N) is 2. The SMILES string of the molecule is COc1ccc(NS(=O)(=O)c2ccc(N/N=C/c3ccccc3C)c([N+](=O)[O-])c2)cc1. The van der Waals surface area contributed by atoms with Crippen LogP contribution in [-0.2, 0) is 10.0 Å². The number of ether oxygens (including phenoxy) is 1. The molecule has 3 aromatic carbocycles. The van der Waals surface area contributed by atoms with Crippen molar-refractivity contribution in [1.29, 1.82) is 0 Å². The Morgan fingerprint density at radius 2 is 1.77 bits per heavy atom. The highest BCUT2D eigenvalue weighted by molar-refractivity contribution is 7.92. The molecule has 0 aromatic heterocycles. The molecule has 0 saturated heterocycles. The number of nitro benzene ring substituents is 1. The molecule has 31 heavy (non-hydrogen) atoms. The van der Waals surface area contributed by atoms with Crippen LogP contribution in [0.2, 0.25) is 0 Å². The highest BCUT2D eigenvalue weighted by Crippen LogP contribution is 2.29. The van der Waals surface area contributed by atoms with E-state index in [1.807, 2.05) is 31.2 Å². The molecule has 0 saturated carbocycles. The second-order valence-electron chi connectivity index (χ2n) is 6.50. The first-order chi connectivity index (χ1) is 14.8. The number of hydrogen-bond acceptors (Lipinski definition) is 7. The zero-order chi connectivity index (χ0) is 22.4. The zero-order valence-electron chi connectivity index (χ0n) is 16.8. The van der Waals surface area contributed by atoms with Crippen LogP contribution in [0.1, 0.15) is 11.1 Å². The van der Waals surface area contributed by atoms with Crippen molar-refractivity contribution in [3.8, 4) is 5.75 Å². The van der Waals surface area contributed by atoms with Crippen molar-refractivity contribution in [3.05, 3.63) is 88.0 Å². The summed E-state index contributed by atoms with van der Waals surface area (Å²) < 4.78 is 32.7. The lowest BCUT2D eigenvalue weighted by Crippen LogP contribution is -2.13. The van der Waals surface area contributed by atoms with Crippen molar-refractivity contribution in [2.75, 3.05) is 17.3 Å². The van der Waals surface area contributed by atoms with Crippen LogP contribution in [-0.4, -0.2) is 26.7 Å². The maximum Gasteiger partial charge on any atom is 0.295 e. The quantitative estimate of drug-likeness (QED) is 0.308. The van der Waals surface area contributed by atoms with Crippen LogP contribution in [0.15, 0.2) is 76.7 Å². The van der Waals surface area contributed by atoms with Crippen molar-refractivity contribution in [1.82, 2.24) is 0 Å². The number of sulfonamides is 1. The van der Waals surface area contributed by atoms with Crippen LogP contribution in [0.4, 0.5) is 17.1 Å². The van der Waals surface area contributed by atoms with Gasteiger partial charge in [-0.3, -0.25) is 20.3 Å². The Kier molecular flexibility index (Phi) is 6.51. The predicted octanol–water partition coefficient (Wildman–Crippen LogP) is 4.16. The number of rotatable bonds is 8. The minimum Gasteiger partial charge on any atom is -0.497 e. The predicted molar refractivity (Wildman–Crippen MR) is 119 cm³/mol. The Bertz CT molecular complexity index is 1220. The Labute approximate surface area is 179 Å². The molecule has 160 valence electrons. The Morgan fingerprint density at radius 1 is 1.06 bits per heavy atom. The summed E-state index contributed by atoms with van der Waals surface area (Å²) in [6.45, 7) is 1.92. The third kappa shape index (κ3) is 5.37. The van der Waals surface area contributed by atoms with E-state index in [9.17, 15) is 18.5 Å². The molecule has 3 aromatic rings. The lowest BCUT2D eigenvalue weighted by molar-refractivity contribution is -0.384. The molecule has 0 heterocycles. The number of nitrogens with zero attached hydrogens (tertiary/aromatic N) is 2. The van der Waals surface area contributed by atoms with Crippen molar-refractivity contribution in [2.24, 2.45) is 5.10 Å². The summed E-state index contributed by atoms with van der Waals surface area (Å²) in [5, 5.41) is 15.5. The van der Waals surface area contributed by atoms with E-state index < -0.39 is 20.6 Å². The summed E-state index contributed by atoms with van der Waals surface area (Å²) in [7, 11) is -2.54. The van der Waals surface area contributed by atoms with Crippen molar-refractivity contribution in [2.45, 2.75) is 11.8 Å². The van der Waals surface area contributed by atoms with Crippen LogP contribution >= 0.6 is 0 Å². The van der Waals surface area contributed by atoms with Gasteiger partial charge in [0, 0.05) is 11.8 Å². The average molecular weight is 440 g/mol. The largest absolute Gasteiger partial charge is 0.497 e. The summed E-state index contributed by atoms with van der Waals surface area (Å²) in [5.74, 6) is 0.570. The number of anilines is 2. The minimum atomic E-state index is -4.04. The molecule has 0 radical (unpaired) electrons. The molecule has 10 heteroatoms. The van der Waals surface area contributed by atoms with E-state index in [2.05, 4.69) is 15.2 Å². The standard InChI is InChI=1S/C21H20N4O5S/c1-15-5-3-4-6-16(15)14-22-23-20-12-11-19(13-21(20)25(26)27)31(28,29)24-17-7-9-18(30-2)10-8-17/h3-14,23-24H,1-2H3/b22-14+. The maximum atomic E-state index is 12.7. The van der Waals surface area contributed by atoms with Gasteiger partial charge in [0.2, 0.25) is 0 Å². The molecule has 2 N–H and O–H groups in total. The molecule has 0 aliphatic heterocycles. The van der Waals surface area contributed by atoms with Crippen molar-refractivity contribution >= 4 is 33.3 Å². The smallest absolute Gasteiger partial charge is 0.295 e. The first-order valence-corrected chi connectivity index (χ1v) is 10.6. The molecule has 0 aliphatic carbocycles. The first-order valence-electron chi connectivity index (χ1n) is 9.10. The summed E-state index contributed by atoms with van der Waals surface area (Å²) in [6, 6.07) is 17.3. The van der Waals surface area contributed by atoms with Gasteiger partial charge in [-0.1, -0.05) is 24.3 Å². The molecule has 0 fully saturated rings. The fraction of sp³-hybridized carbons (Fsp3) is 0.0952. The van der Waals surface area contributed by atoms with Gasteiger partial charge in [-0.25, -0.2) is 8.42 Å². The summed E-state index contributed by atoms with van der Waals surface area (Å²) in [5.41, 5.74) is 4.40. The molecule has 0 unspecified atom stereocenters. The Balaban J connectivity index is 1.83. The first kappa shape index (κ1) is 21.8. The summed E-state index contributed by atoms with van der Waals surface area (Å²) in [6.07, 6.45) is 1.54. The van der Waals surface area contributed by atoms with E-state index in [0.717, 1.165) is 17.2 Å². The molecule has 0 bridgehead atoms. The lowest BCUT2D eigenvalue weighted by atomic mass is 10.1. The van der Waals surface area contributed by atoms with Gasteiger partial charge in [0.05, 0.1) is 23.1 Å². The van der Waals surface area contributed by atoms with Crippen LogP contribution in [0.5, 0.6) is 5.75 Å². The van der Waals surface area contributed by atoms with Gasteiger partial charge in [0.25, 0.3) is 15.7 Å². The molecule has 0 spiro atoms. The number of nitro groups is 1. The van der Waals surface area contributed by atoms with Crippen LogP contribution in [0.25, 0.3) is 0 Å². The van der Waals surface area contributed by atoms with Crippen molar-refractivity contribution in [3.63, 3.8) is 0 Å². The fourth-order valence-corrected chi connectivity index (χ4v) is 3.78. The average Bonchev–Trinajstić information content (AvgIpc) is 2.75. The number of hydrazone groups is 1. The van der Waals surface area contributed by atoms with E-state index >= 15 is 0 Å². The zero-order valence-corrected chi connectivity index (χ0v) is 17.6. The molecule has 3 rings (SSSR count). The van der Waals surface area contributed by atoms with E-state index in [1.54, 1.807) is 12.1 Å². The second-order valence-corrected chi connectivity index (χ2v) is 8.18. The third-order valence-electron chi connectivity index (χ3n) is 4.40. The molecular weight excluding hydrogens is 420 g/mol. The molecule has 0 atom stereocenters. The Hall–Kier alpha value is -3.92. The third-order valence-corrected chi connectivity index (χ3v) is 5.77. The van der Waals surface area contributed by atoms with E-state index in [0.29, 0.717) is 11.4 Å². The number of aryl methyl sites for hydroxylation is 1. The van der Waals surface area contributed by atoms with Gasteiger partial charge in [-0.05, 0) is 54.4 Å². The summed E-state index contributed by atoms with van der Waals surface area (Å²) in [4.78, 5) is 10.6. The monoisotopic (exact) mass is 440 g/mol. The minimum absolute atomic E-state index is 0.0678. The maximum absolute atomic E-state index is 12.7. The molecule has 0 amide bonds. The molecule has 9 nitrogen and oxygen atoms in total. The van der Waals surface area contributed by atoms with Gasteiger partial charge in [-0.15, -0.1) is 0 Å². The van der Waals surface area contributed by atoms with E-state index in [4.69, 9.17) is 4.74 Å². The number of methoxy groups -OCH3 is 1. The highest BCUT2D eigenvalue weighted by Gasteiger charge is 2.21. The fourth-order valence-electron chi connectivity index (χ4n) is 2.70. The Morgan fingerprint density at radius 3 is 2.42 bits per heavy atom. The topological polar surface area (TPSA) is 123 Å². The van der Waals surface area contributed by atoms with Gasteiger partial charge >= 0.3 is 0 Å². The second kappa shape index (κ2) is 9.26. The normalized spacial score (nSPS) is 11.3. The molecule has 0 aliphatic rings. The van der Waals surface area contributed by atoms with Gasteiger partial charge in [0.15, 0.2) is 0 Å². The van der Waals surface area contributed by atoms with Crippen LogP contribution < -0.4 is 14.9 Å². The lowest BCUT2D eigenvalue weighted by Gasteiger charge is -2.10. The number of hydrogen-bond donors (Lipinski definition) is 2.